The number of rotatable bonds is 12. The molecule has 1 N–H and O–H groups in total. The van der Waals surface area contributed by atoms with Crippen molar-refractivity contribution in [1.29, 1.82) is 0 Å². The van der Waals surface area contributed by atoms with Crippen molar-refractivity contribution in [1.82, 2.24) is 10.2 Å². The molecular formula is C30H35Cl2N3O4S. The van der Waals surface area contributed by atoms with Crippen LogP contribution in [-0.2, 0) is 26.2 Å². The highest BCUT2D eigenvalue weighted by molar-refractivity contribution is 7.92. The Morgan fingerprint density at radius 1 is 0.925 bits per heavy atom. The molecule has 0 spiro atoms. The van der Waals surface area contributed by atoms with Crippen LogP contribution in [0, 0.1) is 6.92 Å². The minimum atomic E-state index is -4.12. The van der Waals surface area contributed by atoms with Gasteiger partial charge in [-0.3, -0.25) is 13.9 Å². The van der Waals surface area contributed by atoms with Crippen molar-refractivity contribution in [2.75, 3.05) is 10.8 Å². The fraction of sp³-hybridized carbons (Fsp3) is 0.333. The molecule has 0 unspecified atom stereocenters. The van der Waals surface area contributed by atoms with Gasteiger partial charge in [0.15, 0.2) is 0 Å². The van der Waals surface area contributed by atoms with Gasteiger partial charge in [0, 0.05) is 22.6 Å². The van der Waals surface area contributed by atoms with E-state index < -0.39 is 28.5 Å². The summed E-state index contributed by atoms with van der Waals surface area (Å²) in [7, 11) is -4.12. The van der Waals surface area contributed by atoms with E-state index in [0.29, 0.717) is 27.7 Å². The highest BCUT2D eigenvalue weighted by Crippen LogP contribution is 2.27. The molecule has 2 atom stereocenters. The second-order valence-electron chi connectivity index (χ2n) is 9.66. The van der Waals surface area contributed by atoms with Crippen LogP contribution in [0.1, 0.15) is 44.7 Å². The zero-order valence-electron chi connectivity index (χ0n) is 23.1. The Bertz CT molecular complexity index is 1430. The minimum absolute atomic E-state index is 0.00564. The zero-order chi connectivity index (χ0) is 29.4. The Balaban J connectivity index is 2.07. The zero-order valence-corrected chi connectivity index (χ0v) is 25.4. The first-order chi connectivity index (χ1) is 19.0. The summed E-state index contributed by atoms with van der Waals surface area (Å²) in [6.07, 6.45) is 1.03. The van der Waals surface area contributed by atoms with Gasteiger partial charge in [-0.1, -0.05) is 73.4 Å². The second-order valence-corrected chi connectivity index (χ2v) is 12.4. The second kappa shape index (κ2) is 14.0. The van der Waals surface area contributed by atoms with E-state index in [9.17, 15) is 18.0 Å². The van der Waals surface area contributed by atoms with Gasteiger partial charge in [0.1, 0.15) is 12.6 Å². The molecule has 40 heavy (non-hydrogen) atoms. The lowest BCUT2D eigenvalue weighted by Gasteiger charge is -2.34. The number of benzene rings is 3. The van der Waals surface area contributed by atoms with E-state index in [1.54, 1.807) is 54.6 Å². The highest BCUT2D eigenvalue weighted by atomic mass is 35.5. The maximum absolute atomic E-state index is 14.1. The van der Waals surface area contributed by atoms with Gasteiger partial charge in [0.25, 0.3) is 10.0 Å². The van der Waals surface area contributed by atoms with E-state index in [1.165, 1.54) is 17.0 Å². The topological polar surface area (TPSA) is 86.8 Å². The summed E-state index contributed by atoms with van der Waals surface area (Å²) in [4.78, 5) is 28.9. The number of sulfonamides is 1. The summed E-state index contributed by atoms with van der Waals surface area (Å²) in [5.41, 5.74) is 1.77. The first-order valence-corrected chi connectivity index (χ1v) is 15.4. The number of carbonyl (C=O) groups excluding carboxylic acids is 2. The predicted molar refractivity (Wildman–Crippen MR) is 161 cm³/mol. The van der Waals surface area contributed by atoms with Crippen molar-refractivity contribution in [3.05, 3.63) is 94.0 Å². The average Bonchev–Trinajstić information content (AvgIpc) is 2.92. The lowest BCUT2D eigenvalue weighted by Crippen LogP contribution is -2.53. The summed E-state index contributed by atoms with van der Waals surface area (Å²) >= 11 is 12.5. The average molecular weight is 605 g/mol. The highest BCUT2D eigenvalue weighted by Gasteiger charge is 2.34. The number of hydrogen-bond acceptors (Lipinski definition) is 4. The molecule has 214 valence electrons. The third-order valence-electron chi connectivity index (χ3n) is 6.64. The van der Waals surface area contributed by atoms with Gasteiger partial charge in [-0.25, -0.2) is 8.42 Å². The molecule has 0 aliphatic rings. The van der Waals surface area contributed by atoms with E-state index in [-0.39, 0.29) is 23.4 Å². The standard InChI is InChI=1S/C30H35Cl2N3O4S/c1-5-22(4)33-30(37)28(6-2)34(19-23-15-16-24(31)18-27(23)32)29(36)20-35(25-12-10-11-21(3)17-25)40(38,39)26-13-8-7-9-14-26/h7-18,22,28H,5-6,19-20H2,1-4H3,(H,33,37)/t22-,28-/m1/s1. The Morgan fingerprint density at radius 2 is 1.62 bits per heavy atom. The number of carbonyl (C=O) groups is 2. The van der Waals surface area contributed by atoms with Crippen LogP contribution in [0.3, 0.4) is 0 Å². The van der Waals surface area contributed by atoms with Gasteiger partial charge < -0.3 is 10.2 Å². The molecule has 0 radical (unpaired) electrons. The number of anilines is 1. The molecule has 3 aromatic carbocycles. The molecule has 0 saturated heterocycles. The molecule has 0 fully saturated rings. The molecular weight excluding hydrogens is 569 g/mol. The third kappa shape index (κ3) is 7.77. The van der Waals surface area contributed by atoms with Gasteiger partial charge in [0.2, 0.25) is 11.8 Å². The maximum Gasteiger partial charge on any atom is 0.264 e. The van der Waals surface area contributed by atoms with E-state index in [0.717, 1.165) is 16.3 Å². The number of hydrogen-bond donors (Lipinski definition) is 1. The van der Waals surface area contributed by atoms with Gasteiger partial charge in [-0.05, 0) is 74.2 Å². The molecule has 0 saturated carbocycles. The summed E-state index contributed by atoms with van der Waals surface area (Å²) in [6.45, 7) is 6.98. The molecule has 10 heteroatoms. The SMILES string of the molecule is CC[C@@H](C)NC(=O)[C@@H](CC)N(Cc1ccc(Cl)cc1Cl)C(=O)CN(c1cccc(C)c1)S(=O)(=O)c1ccccc1. The Hall–Kier alpha value is -3.07. The van der Waals surface area contributed by atoms with Crippen molar-refractivity contribution in [2.24, 2.45) is 0 Å². The van der Waals surface area contributed by atoms with Crippen LogP contribution >= 0.6 is 23.2 Å². The van der Waals surface area contributed by atoms with E-state index >= 15 is 0 Å². The molecule has 0 aliphatic heterocycles. The van der Waals surface area contributed by atoms with Gasteiger partial charge in [0.05, 0.1) is 10.6 Å². The summed E-state index contributed by atoms with van der Waals surface area (Å²) in [6, 6.07) is 18.9. The van der Waals surface area contributed by atoms with Gasteiger partial charge in [-0.15, -0.1) is 0 Å². The monoisotopic (exact) mass is 603 g/mol. The van der Waals surface area contributed by atoms with E-state index in [2.05, 4.69) is 5.32 Å². The molecule has 3 rings (SSSR count). The molecule has 2 amide bonds. The summed E-state index contributed by atoms with van der Waals surface area (Å²) in [5.74, 6) is -0.860. The quantitative estimate of drug-likeness (QED) is 0.266. The molecule has 7 nitrogen and oxygen atoms in total. The number of nitrogens with zero attached hydrogens (tertiary/aromatic N) is 2. The van der Waals surface area contributed by atoms with Crippen LogP contribution in [0.4, 0.5) is 5.69 Å². The summed E-state index contributed by atoms with van der Waals surface area (Å²) < 4.78 is 28.8. The van der Waals surface area contributed by atoms with Crippen LogP contribution in [0.15, 0.2) is 77.7 Å². The number of halogens is 2. The predicted octanol–water partition coefficient (Wildman–Crippen LogP) is 6.22. The van der Waals surface area contributed by atoms with E-state index in [1.807, 2.05) is 33.8 Å². The Morgan fingerprint density at radius 3 is 2.23 bits per heavy atom. The molecule has 0 bridgehead atoms. The van der Waals surface area contributed by atoms with Crippen molar-refractivity contribution in [2.45, 2.75) is 64.1 Å². The van der Waals surface area contributed by atoms with Crippen molar-refractivity contribution in [3.8, 4) is 0 Å². The Labute approximate surface area is 247 Å². The van der Waals surface area contributed by atoms with Crippen LogP contribution in [0.2, 0.25) is 10.0 Å². The van der Waals surface area contributed by atoms with Crippen LogP contribution < -0.4 is 9.62 Å². The number of nitrogens with one attached hydrogen (secondary N) is 1. The minimum Gasteiger partial charge on any atom is -0.352 e. The number of aryl methyl sites for hydroxylation is 1. The molecule has 3 aromatic rings. The fourth-order valence-corrected chi connectivity index (χ4v) is 6.12. The first kappa shape index (κ1) is 31.5. The van der Waals surface area contributed by atoms with Crippen LogP contribution in [0.5, 0.6) is 0 Å². The smallest absolute Gasteiger partial charge is 0.264 e. The van der Waals surface area contributed by atoms with Crippen molar-refractivity contribution < 1.29 is 18.0 Å². The van der Waals surface area contributed by atoms with Crippen LogP contribution in [0.25, 0.3) is 0 Å². The number of amides is 2. The summed E-state index contributed by atoms with van der Waals surface area (Å²) in [5, 5.41) is 3.74. The van der Waals surface area contributed by atoms with Gasteiger partial charge in [-0.2, -0.15) is 0 Å². The third-order valence-corrected chi connectivity index (χ3v) is 9.02. The normalized spacial score (nSPS) is 12.8. The van der Waals surface area contributed by atoms with E-state index in [4.69, 9.17) is 23.2 Å². The maximum atomic E-state index is 14.1. The molecule has 0 aliphatic carbocycles. The van der Waals surface area contributed by atoms with Gasteiger partial charge >= 0.3 is 0 Å². The largest absolute Gasteiger partial charge is 0.352 e. The lowest BCUT2D eigenvalue weighted by molar-refractivity contribution is -0.140. The molecule has 0 heterocycles. The molecule has 0 aromatic heterocycles. The fourth-order valence-electron chi connectivity index (χ4n) is 4.23. The first-order valence-electron chi connectivity index (χ1n) is 13.2. The van der Waals surface area contributed by atoms with Crippen molar-refractivity contribution in [3.63, 3.8) is 0 Å². The van der Waals surface area contributed by atoms with Crippen LogP contribution in [-0.4, -0.2) is 43.8 Å². The lowest BCUT2D eigenvalue weighted by atomic mass is 10.1. The Kier molecular flexibility index (Phi) is 11.0. The van der Waals surface area contributed by atoms with Crippen molar-refractivity contribution >= 4 is 50.7 Å².